The van der Waals surface area contributed by atoms with E-state index in [1.165, 1.54) is 5.69 Å². The molecule has 0 spiro atoms. The number of nitrogens with one attached hydrogen (secondary N) is 2. The highest BCUT2D eigenvalue weighted by Gasteiger charge is 2.18. The highest BCUT2D eigenvalue weighted by Crippen LogP contribution is 2.20. The Hall–Kier alpha value is -1.59. The summed E-state index contributed by atoms with van der Waals surface area (Å²) in [6.07, 6.45) is 1.71. The van der Waals surface area contributed by atoms with Crippen LogP contribution in [0.1, 0.15) is 0 Å². The summed E-state index contributed by atoms with van der Waals surface area (Å²) in [5.74, 6) is 0. The third-order valence-corrected chi connectivity index (χ3v) is 3.24. The van der Waals surface area contributed by atoms with Gasteiger partial charge < -0.3 is 20.3 Å². The van der Waals surface area contributed by atoms with Crippen molar-refractivity contribution in [3.63, 3.8) is 0 Å². The summed E-state index contributed by atoms with van der Waals surface area (Å²) in [5, 5.41) is 12.5. The normalized spacial score (nSPS) is 21.0. The fraction of sp³-hybridized carbons (Fsp3) is 0.417. The standard InChI is InChI=1S/C12H16N4O/c17-7-9-6-16(4-3-13-9)10-1-2-11-12(5-10)15-8-14-11/h1-2,5,8-9,13,17H,3-4,6-7H2,(H,14,15). The molecule has 5 heteroatoms. The lowest BCUT2D eigenvalue weighted by molar-refractivity contribution is 0.236. The van der Waals surface area contributed by atoms with Gasteiger partial charge in [0.1, 0.15) is 0 Å². The van der Waals surface area contributed by atoms with E-state index >= 15 is 0 Å². The van der Waals surface area contributed by atoms with Crippen molar-refractivity contribution in [2.24, 2.45) is 0 Å². The molecule has 3 N–H and O–H groups in total. The van der Waals surface area contributed by atoms with Gasteiger partial charge in [-0.2, -0.15) is 0 Å². The van der Waals surface area contributed by atoms with Crippen LogP contribution in [-0.2, 0) is 0 Å². The second kappa shape index (κ2) is 4.35. The monoisotopic (exact) mass is 232 g/mol. The maximum absolute atomic E-state index is 9.19. The van der Waals surface area contributed by atoms with E-state index in [-0.39, 0.29) is 12.6 Å². The molecule has 1 aliphatic rings. The predicted octanol–water partition coefficient (Wildman–Crippen LogP) is 0.333. The Morgan fingerprint density at radius 1 is 1.47 bits per heavy atom. The number of benzene rings is 1. The molecule has 1 aromatic carbocycles. The molecule has 0 radical (unpaired) electrons. The number of piperazine rings is 1. The molecule has 1 aliphatic heterocycles. The molecule has 90 valence electrons. The third kappa shape index (κ3) is 1.99. The Morgan fingerprint density at radius 3 is 3.29 bits per heavy atom. The van der Waals surface area contributed by atoms with Crippen LogP contribution in [0.3, 0.4) is 0 Å². The Labute approximate surface area is 99.5 Å². The fourth-order valence-corrected chi connectivity index (χ4v) is 2.30. The Kier molecular flexibility index (Phi) is 2.70. The van der Waals surface area contributed by atoms with Gasteiger partial charge in [-0.3, -0.25) is 0 Å². The van der Waals surface area contributed by atoms with Gasteiger partial charge in [0, 0.05) is 31.4 Å². The molecule has 17 heavy (non-hydrogen) atoms. The Balaban J connectivity index is 1.86. The SMILES string of the molecule is OCC1CN(c2ccc3nc[nH]c3c2)CCN1. The predicted molar refractivity (Wildman–Crippen MR) is 67.2 cm³/mol. The number of hydrogen-bond acceptors (Lipinski definition) is 4. The van der Waals surface area contributed by atoms with E-state index in [0.717, 1.165) is 30.7 Å². The number of H-pyrrole nitrogens is 1. The van der Waals surface area contributed by atoms with Gasteiger partial charge in [0.05, 0.1) is 24.0 Å². The first-order chi connectivity index (χ1) is 8.36. The zero-order valence-electron chi connectivity index (χ0n) is 9.56. The van der Waals surface area contributed by atoms with Gasteiger partial charge in [0.25, 0.3) is 0 Å². The van der Waals surface area contributed by atoms with Crippen LogP contribution in [0, 0.1) is 0 Å². The molecule has 2 heterocycles. The molecule has 5 nitrogen and oxygen atoms in total. The van der Waals surface area contributed by atoms with Crippen molar-refractivity contribution in [3.8, 4) is 0 Å². The van der Waals surface area contributed by atoms with E-state index in [0.29, 0.717) is 0 Å². The van der Waals surface area contributed by atoms with Crippen molar-refractivity contribution < 1.29 is 5.11 Å². The van der Waals surface area contributed by atoms with Crippen molar-refractivity contribution in [2.45, 2.75) is 6.04 Å². The Morgan fingerprint density at radius 2 is 2.41 bits per heavy atom. The molecular weight excluding hydrogens is 216 g/mol. The number of hydrogen-bond donors (Lipinski definition) is 3. The van der Waals surface area contributed by atoms with Crippen LogP contribution in [-0.4, -0.2) is 47.4 Å². The molecule has 1 atom stereocenters. The highest BCUT2D eigenvalue weighted by molar-refractivity contribution is 5.79. The van der Waals surface area contributed by atoms with Gasteiger partial charge >= 0.3 is 0 Å². The quantitative estimate of drug-likeness (QED) is 0.698. The largest absolute Gasteiger partial charge is 0.395 e. The van der Waals surface area contributed by atoms with Crippen molar-refractivity contribution in [2.75, 3.05) is 31.1 Å². The van der Waals surface area contributed by atoms with Gasteiger partial charge in [0.2, 0.25) is 0 Å². The number of rotatable bonds is 2. The second-order valence-corrected chi connectivity index (χ2v) is 4.38. The summed E-state index contributed by atoms with van der Waals surface area (Å²) in [6, 6.07) is 6.39. The summed E-state index contributed by atoms with van der Waals surface area (Å²) in [5.41, 5.74) is 3.23. The van der Waals surface area contributed by atoms with Crippen LogP contribution < -0.4 is 10.2 Å². The molecule has 1 saturated heterocycles. The van der Waals surface area contributed by atoms with Crippen LogP contribution in [0.15, 0.2) is 24.5 Å². The molecular formula is C12H16N4O. The molecule has 0 saturated carbocycles. The lowest BCUT2D eigenvalue weighted by Gasteiger charge is -2.34. The Bertz CT molecular complexity index is 510. The first-order valence-electron chi connectivity index (χ1n) is 5.89. The summed E-state index contributed by atoms with van der Waals surface area (Å²) >= 11 is 0. The number of aromatic nitrogens is 2. The highest BCUT2D eigenvalue weighted by atomic mass is 16.3. The van der Waals surface area contributed by atoms with Gasteiger partial charge in [0.15, 0.2) is 0 Å². The minimum Gasteiger partial charge on any atom is -0.395 e. The molecule has 0 bridgehead atoms. The van der Waals surface area contributed by atoms with Gasteiger partial charge in [-0.1, -0.05) is 0 Å². The minimum absolute atomic E-state index is 0.168. The van der Waals surface area contributed by atoms with Crippen molar-refractivity contribution in [3.05, 3.63) is 24.5 Å². The molecule has 0 amide bonds. The minimum atomic E-state index is 0.168. The summed E-state index contributed by atoms with van der Waals surface area (Å²) in [4.78, 5) is 9.62. The first-order valence-corrected chi connectivity index (χ1v) is 5.89. The number of imidazole rings is 1. The van der Waals surface area contributed by atoms with Gasteiger partial charge in [-0.25, -0.2) is 4.98 Å². The second-order valence-electron chi connectivity index (χ2n) is 4.38. The average Bonchev–Trinajstić information content (AvgIpc) is 2.86. The maximum atomic E-state index is 9.19. The number of fused-ring (bicyclic) bond motifs is 1. The van der Waals surface area contributed by atoms with Crippen LogP contribution in [0.4, 0.5) is 5.69 Å². The number of nitrogens with zero attached hydrogens (tertiary/aromatic N) is 2. The smallest absolute Gasteiger partial charge is 0.0931 e. The van der Waals surface area contributed by atoms with E-state index in [2.05, 4.69) is 32.3 Å². The molecule has 3 rings (SSSR count). The number of aromatic amines is 1. The molecule has 0 aliphatic carbocycles. The molecule has 1 aromatic heterocycles. The van der Waals surface area contributed by atoms with E-state index < -0.39 is 0 Å². The van der Waals surface area contributed by atoms with Crippen LogP contribution in [0.25, 0.3) is 11.0 Å². The fourth-order valence-electron chi connectivity index (χ4n) is 2.30. The topological polar surface area (TPSA) is 64.2 Å². The number of aliphatic hydroxyl groups excluding tert-OH is 1. The van der Waals surface area contributed by atoms with E-state index in [1.807, 2.05) is 6.07 Å². The van der Waals surface area contributed by atoms with Gasteiger partial charge in [-0.05, 0) is 18.2 Å². The lowest BCUT2D eigenvalue weighted by atomic mass is 10.2. The number of aliphatic hydroxyl groups is 1. The van der Waals surface area contributed by atoms with E-state index in [4.69, 9.17) is 0 Å². The lowest BCUT2D eigenvalue weighted by Crippen LogP contribution is -2.52. The average molecular weight is 232 g/mol. The van der Waals surface area contributed by atoms with Crippen molar-refractivity contribution in [1.29, 1.82) is 0 Å². The van der Waals surface area contributed by atoms with E-state index in [1.54, 1.807) is 6.33 Å². The summed E-state index contributed by atoms with van der Waals surface area (Å²) in [7, 11) is 0. The maximum Gasteiger partial charge on any atom is 0.0931 e. The van der Waals surface area contributed by atoms with Crippen molar-refractivity contribution >= 4 is 16.7 Å². The zero-order chi connectivity index (χ0) is 11.7. The van der Waals surface area contributed by atoms with Crippen LogP contribution >= 0.6 is 0 Å². The molecule has 2 aromatic rings. The number of anilines is 1. The summed E-state index contributed by atoms with van der Waals surface area (Å²) in [6.45, 7) is 2.90. The van der Waals surface area contributed by atoms with Gasteiger partial charge in [-0.15, -0.1) is 0 Å². The van der Waals surface area contributed by atoms with E-state index in [9.17, 15) is 5.11 Å². The van der Waals surface area contributed by atoms with Crippen LogP contribution in [0.5, 0.6) is 0 Å². The zero-order valence-corrected chi connectivity index (χ0v) is 9.56. The first kappa shape index (κ1) is 10.6. The molecule has 1 fully saturated rings. The molecule has 1 unspecified atom stereocenters. The van der Waals surface area contributed by atoms with Crippen LogP contribution in [0.2, 0.25) is 0 Å². The summed E-state index contributed by atoms with van der Waals surface area (Å²) < 4.78 is 0. The third-order valence-electron chi connectivity index (χ3n) is 3.24. The van der Waals surface area contributed by atoms with Crippen molar-refractivity contribution in [1.82, 2.24) is 15.3 Å².